The van der Waals surface area contributed by atoms with Gasteiger partial charge < -0.3 is 22.5 Å². The van der Waals surface area contributed by atoms with Crippen LogP contribution in [0, 0.1) is 0 Å². The Balaban J connectivity index is 1.67. The van der Waals surface area contributed by atoms with Gasteiger partial charge in [-0.1, -0.05) is 0 Å². The summed E-state index contributed by atoms with van der Waals surface area (Å²) in [5.41, 5.74) is 4.72. The molecular weight excluding hydrogens is 374 g/mol. The van der Waals surface area contributed by atoms with Crippen molar-refractivity contribution in [1.82, 2.24) is 13.7 Å². The van der Waals surface area contributed by atoms with Crippen molar-refractivity contribution in [1.29, 1.82) is 0 Å². The number of hydrogen-bond acceptors (Lipinski definition) is 2. The maximum atomic E-state index is 5.87. The van der Waals surface area contributed by atoms with Crippen molar-refractivity contribution in [2.24, 2.45) is 21.1 Å². The number of hydrogen-bond donors (Lipinski definition) is 0. The Morgan fingerprint density at radius 1 is 0.567 bits per heavy atom. The van der Waals surface area contributed by atoms with Crippen LogP contribution in [0.4, 0.5) is 0 Å². The molecule has 0 aromatic carbocycles. The van der Waals surface area contributed by atoms with Gasteiger partial charge in [0.05, 0.1) is 24.4 Å². The van der Waals surface area contributed by atoms with Crippen LogP contribution in [0.3, 0.4) is 0 Å². The molecule has 152 valence electrons. The van der Waals surface area contributed by atoms with E-state index in [1.807, 2.05) is 24.3 Å². The van der Waals surface area contributed by atoms with Crippen LogP contribution >= 0.6 is 0 Å². The van der Waals surface area contributed by atoms with E-state index in [1.165, 1.54) is 22.8 Å². The molecule has 5 heteroatoms. The number of aromatic nitrogens is 3. The highest BCUT2D eigenvalue weighted by atomic mass is 16.3. The average molecular weight is 399 g/mol. The molecule has 0 aliphatic rings. The monoisotopic (exact) mass is 399 g/mol. The Kier molecular flexibility index (Phi) is 4.51. The molecule has 0 amide bonds. The Hall–Kier alpha value is -3.60. The second-order valence-corrected chi connectivity index (χ2v) is 7.73. The number of nitrogens with zero attached hydrogens (tertiary/aromatic N) is 3. The fourth-order valence-electron chi connectivity index (χ4n) is 4.47. The van der Waals surface area contributed by atoms with Crippen LogP contribution in [0.2, 0.25) is 0 Å². The summed E-state index contributed by atoms with van der Waals surface area (Å²) in [7, 11) is 6.28. The van der Waals surface area contributed by atoms with Crippen LogP contribution in [0.15, 0.2) is 94.4 Å². The summed E-state index contributed by atoms with van der Waals surface area (Å²) in [6.07, 6.45) is 7.63. The van der Waals surface area contributed by atoms with Crippen molar-refractivity contribution in [2.75, 3.05) is 0 Å². The van der Waals surface area contributed by atoms with E-state index < -0.39 is 0 Å². The predicted molar refractivity (Wildman–Crippen MR) is 116 cm³/mol. The highest BCUT2D eigenvalue weighted by Gasteiger charge is 2.29. The van der Waals surface area contributed by atoms with Crippen LogP contribution in [-0.2, 0) is 21.1 Å². The molecule has 2 atom stereocenters. The predicted octanol–water partition coefficient (Wildman–Crippen LogP) is 5.25. The summed E-state index contributed by atoms with van der Waals surface area (Å²) in [6, 6.07) is 20.9. The van der Waals surface area contributed by atoms with Gasteiger partial charge in [-0.25, -0.2) is 0 Å². The van der Waals surface area contributed by atoms with Gasteiger partial charge in [0, 0.05) is 56.3 Å². The van der Waals surface area contributed by atoms with Gasteiger partial charge in [-0.2, -0.15) is 0 Å². The van der Waals surface area contributed by atoms with Crippen molar-refractivity contribution < 1.29 is 8.83 Å². The third-order valence-electron chi connectivity index (χ3n) is 6.01. The van der Waals surface area contributed by atoms with Crippen molar-refractivity contribution in [2.45, 2.75) is 11.8 Å². The van der Waals surface area contributed by atoms with Gasteiger partial charge in [0.15, 0.2) is 0 Å². The summed E-state index contributed by atoms with van der Waals surface area (Å²) < 4.78 is 18.3. The number of furan rings is 2. The van der Waals surface area contributed by atoms with E-state index in [0.717, 1.165) is 11.5 Å². The van der Waals surface area contributed by atoms with E-state index in [1.54, 1.807) is 12.5 Å². The van der Waals surface area contributed by atoms with Crippen LogP contribution < -0.4 is 0 Å². The van der Waals surface area contributed by atoms with Crippen LogP contribution in [-0.4, -0.2) is 13.7 Å². The van der Waals surface area contributed by atoms with Gasteiger partial charge in [-0.3, -0.25) is 0 Å². The minimum atomic E-state index is 0.00409. The SMILES string of the molecule is Cn1cccc1C(c1ccco1)c1ccc(C(c2ccco2)c2cccn2C)n1C. The van der Waals surface area contributed by atoms with E-state index in [-0.39, 0.29) is 11.8 Å². The van der Waals surface area contributed by atoms with Gasteiger partial charge in [0.1, 0.15) is 11.5 Å². The zero-order chi connectivity index (χ0) is 20.7. The highest BCUT2D eigenvalue weighted by Crippen LogP contribution is 2.38. The lowest BCUT2D eigenvalue weighted by atomic mass is 9.97. The largest absolute Gasteiger partial charge is 0.468 e. The lowest BCUT2D eigenvalue weighted by Crippen LogP contribution is -2.15. The van der Waals surface area contributed by atoms with Gasteiger partial charge in [0.25, 0.3) is 0 Å². The van der Waals surface area contributed by atoms with E-state index in [2.05, 4.69) is 83.6 Å². The molecule has 30 heavy (non-hydrogen) atoms. The topological polar surface area (TPSA) is 41.1 Å². The van der Waals surface area contributed by atoms with E-state index >= 15 is 0 Å². The van der Waals surface area contributed by atoms with Gasteiger partial charge >= 0.3 is 0 Å². The third kappa shape index (κ3) is 2.94. The van der Waals surface area contributed by atoms with Gasteiger partial charge in [-0.15, -0.1) is 0 Å². The highest BCUT2D eigenvalue weighted by molar-refractivity contribution is 5.41. The summed E-state index contributed by atoms with van der Waals surface area (Å²) in [5, 5.41) is 0. The summed E-state index contributed by atoms with van der Waals surface area (Å²) in [6.45, 7) is 0. The normalized spacial score (nSPS) is 13.6. The van der Waals surface area contributed by atoms with Crippen molar-refractivity contribution in [3.8, 4) is 0 Å². The first-order chi connectivity index (χ1) is 14.6. The molecule has 0 bridgehead atoms. The summed E-state index contributed by atoms with van der Waals surface area (Å²) in [4.78, 5) is 0. The molecule has 0 radical (unpaired) electrons. The average Bonchev–Trinajstić information content (AvgIpc) is 3.54. The Bertz CT molecular complexity index is 1140. The van der Waals surface area contributed by atoms with Gasteiger partial charge in [0.2, 0.25) is 0 Å². The molecule has 0 spiro atoms. The summed E-state index contributed by atoms with van der Waals surface area (Å²) in [5.74, 6) is 1.87. The lowest BCUT2D eigenvalue weighted by molar-refractivity contribution is 0.481. The number of aryl methyl sites for hydroxylation is 2. The molecule has 5 aromatic rings. The third-order valence-corrected chi connectivity index (χ3v) is 6.01. The maximum absolute atomic E-state index is 5.87. The minimum Gasteiger partial charge on any atom is -0.468 e. The fourth-order valence-corrected chi connectivity index (χ4v) is 4.47. The van der Waals surface area contributed by atoms with Gasteiger partial charge in [-0.05, 0) is 60.7 Å². The zero-order valence-corrected chi connectivity index (χ0v) is 17.4. The smallest absolute Gasteiger partial charge is 0.118 e. The first-order valence-electron chi connectivity index (χ1n) is 10.1. The van der Waals surface area contributed by atoms with Crippen LogP contribution in [0.1, 0.15) is 46.1 Å². The molecule has 0 saturated heterocycles. The lowest BCUT2D eigenvalue weighted by Gasteiger charge is -2.21. The Morgan fingerprint density at radius 2 is 1.03 bits per heavy atom. The summed E-state index contributed by atoms with van der Waals surface area (Å²) >= 11 is 0. The minimum absolute atomic E-state index is 0.00409. The fraction of sp³-hybridized carbons (Fsp3) is 0.200. The van der Waals surface area contributed by atoms with E-state index in [4.69, 9.17) is 8.83 Å². The second-order valence-electron chi connectivity index (χ2n) is 7.73. The molecule has 0 aliphatic carbocycles. The first-order valence-corrected chi connectivity index (χ1v) is 10.1. The molecule has 5 nitrogen and oxygen atoms in total. The van der Waals surface area contributed by atoms with E-state index in [9.17, 15) is 0 Å². The molecule has 5 rings (SSSR count). The van der Waals surface area contributed by atoms with E-state index in [0.29, 0.717) is 0 Å². The molecule has 0 fully saturated rings. The molecular formula is C25H25N3O2. The first kappa shape index (κ1) is 18.4. The molecule has 5 aromatic heterocycles. The number of rotatable bonds is 6. The second kappa shape index (κ2) is 7.34. The Morgan fingerprint density at radius 3 is 1.37 bits per heavy atom. The maximum Gasteiger partial charge on any atom is 0.118 e. The molecule has 0 N–H and O–H groups in total. The standard InChI is InChI=1S/C25H25N3O2/c1-26-14-4-8-18(26)24(22-10-6-16-29-22)20-12-13-21(28(20)3)25(23-11-7-17-30-23)19-9-5-15-27(19)2/h4-17,24-25H,1-3H3. The zero-order valence-electron chi connectivity index (χ0n) is 17.4. The molecule has 0 saturated carbocycles. The van der Waals surface area contributed by atoms with Crippen LogP contribution in [0.25, 0.3) is 0 Å². The molecule has 0 aliphatic heterocycles. The van der Waals surface area contributed by atoms with Crippen molar-refractivity contribution in [3.63, 3.8) is 0 Å². The van der Waals surface area contributed by atoms with Crippen molar-refractivity contribution in [3.05, 3.63) is 120 Å². The Labute approximate surface area is 175 Å². The quantitative estimate of drug-likeness (QED) is 0.391. The van der Waals surface area contributed by atoms with Crippen LogP contribution in [0.5, 0.6) is 0 Å². The molecule has 5 heterocycles. The van der Waals surface area contributed by atoms with Crippen molar-refractivity contribution >= 4 is 0 Å². The molecule has 2 unspecified atom stereocenters.